The van der Waals surface area contributed by atoms with Crippen LogP contribution in [0.2, 0.25) is 0 Å². The Morgan fingerprint density at radius 3 is 2.65 bits per heavy atom. The lowest BCUT2D eigenvalue weighted by Crippen LogP contribution is -2.20. The second kappa shape index (κ2) is 4.82. The number of ether oxygens (including phenoxy) is 1. The second-order valence-corrected chi connectivity index (χ2v) is 4.97. The molecule has 0 saturated carbocycles. The Morgan fingerprint density at radius 2 is 1.95 bits per heavy atom. The van der Waals surface area contributed by atoms with Gasteiger partial charge in [-0.1, -0.05) is 23.8 Å². The molecule has 1 aliphatic rings. The molecule has 3 heteroatoms. The molecule has 2 aromatic rings. The van der Waals surface area contributed by atoms with Crippen molar-refractivity contribution in [3.8, 4) is 11.8 Å². The molecule has 2 aromatic carbocycles. The Hall–Kier alpha value is -2.60. The van der Waals surface area contributed by atoms with Gasteiger partial charge in [0, 0.05) is 0 Å². The number of benzene rings is 2. The Balaban J connectivity index is 1.93. The highest BCUT2D eigenvalue weighted by Gasteiger charge is 2.27. The van der Waals surface area contributed by atoms with Crippen LogP contribution < -0.4 is 4.74 Å². The van der Waals surface area contributed by atoms with Gasteiger partial charge in [-0.3, -0.25) is 4.79 Å². The molecule has 0 bridgehead atoms. The highest BCUT2D eigenvalue weighted by Crippen LogP contribution is 2.35. The zero-order valence-electron chi connectivity index (χ0n) is 11.1. The predicted octanol–water partition coefficient (Wildman–Crippen LogP) is 3.57. The fourth-order valence-electron chi connectivity index (χ4n) is 2.40. The third kappa shape index (κ3) is 2.17. The average Bonchev–Trinajstić information content (AvgIpc) is 2.48. The van der Waals surface area contributed by atoms with E-state index in [1.54, 1.807) is 12.1 Å². The summed E-state index contributed by atoms with van der Waals surface area (Å²) in [5.41, 5.74) is 3.24. The summed E-state index contributed by atoms with van der Waals surface area (Å²) in [7, 11) is 0. The van der Waals surface area contributed by atoms with E-state index in [1.807, 2.05) is 37.3 Å². The number of rotatable bonds is 1. The number of carbonyl (C=O) groups excluding carboxylic acids is 1. The van der Waals surface area contributed by atoms with Gasteiger partial charge >= 0.3 is 0 Å². The number of nitriles is 1. The first-order valence-electron chi connectivity index (χ1n) is 6.48. The molecule has 98 valence electrons. The topological polar surface area (TPSA) is 50.1 Å². The lowest BCUT2D eigenvalue weighted by atomic mass is 9.95. The minimum absolute atomic E-state index is 0.101. The fourth-order valence-corrected chi connectivity index (χ4v) is 2.40. The number of nitrogens with zero attached hydrogens (tertiary/aromatic N) is 1. The minimum atomic E-state index is -0.273. The van der Waals surface area contributed by atoms with Gasteiger partial charge in [0.25, 0.3) is 0 Å². The molecule has 0 amide bonds. The maximum absolute atomic E-state index is 12.2. The Bertz CT molecular complexity index is 711. The largest absolute Gasteiger partial charge is 0.484 e. The fraction of sp³-hybridized carbons (Fsp3) is 0.176. The third-order valence-corrected chi connectivity index (χ3v) is 3.49. The number of hydrogen-bond acceptors (Lipinski definition) is 3. The van der Waals surface area contributed by atoms with Gasteiger partial charge in [-0.2, -0.15) is 5.26 Å². The van der Waals surface area contributed by atoms with Gasteiger partial charge in [0.15, 0.2) is 5.78 Å². The van der Waals surface area contributed by atoms with E-state index in [2.05, 4.69) is 6.07 Å². The Morgan fingerprint density at radius 1 is 1.20 bits per heavy atom. The van der Waals surface area contributed by atoms with Crippen LogP contribution >= 0.6 is 0 Å². The van der Waals surface area contributed by atoms with Gasteiger partial charge in [-0.15, -0.1) is 0 Å². The highest BCUT2D eigenvalue weighted by atomic mass is 16.5. The van der Waals surface area contributed by atoms with Crippen LogP contribution in [-0.2, 0) is 0 Å². The zero-order chi connectivity index (χ0) is 14.1. The Labute approximate surface area is 117 Å². The van der Waals surface area contributed by atoms with Gasteiger partial charge in [-0.05, 0) is 36.8 Å². The quantitative estimate of drug-likeness (QED) is 0.790. The number of hydrogen-bond donors (Lipinski definition) is 0. The maximum Gasteiger partial charge on any atom is 0.170 e. The summed E-state index contributed by atoms with van der Waals surface area (Å²) in [6.07, 6.45) is 0.0629. The lowest BCUT2D eigenvalue weighted by molar-refractivity contribution is 0.0850. The molecule has 0 aromatic heterocycles. The van der Waals surface area contributed by atoms with Crippen molar-refractivity contribution >= 4 is 5.78 Å². The molecule has 1 heterocycles. The van der Waals surface area contributed by atoms with E-state index in [0.717, 1.165) is 11.1 Å². The van der Waals surface area contributed by atoms with Crippen molar-refractivity contribution < 1.29 is 9.53 Å². The summed E-state index contributed by atoms with van der Waals surface area (Å²) in [5.74, 6) is 0.741. The van der Waals surface area contributed by atoms with Crippen molar-refractivity contribution in [1.82, 2.24) is 0 Å². The summed E-state index contributed by atoms with van der Waals surface area (Å²) in [5, 5.41) is 8.80. The van der Waals surface area contributed by atoms with Gasteiger partial charge < -0.3 is 4.74 Å². The van der Waals surface area contributed by atoms with Crippen molar-refractivity contribution in [2.24, 2.45) is 0 Å². The van der Waals surface area contributed by atoms with Crippen LogP contribution in [0.15, 0.2) is 42.5 Å². The molecule has 1 unspecified atom stereocenters. The standard InChI is InChI=1S/C17H13NO2/c1-11-2-7-16-14(8-11)15(19)9-17(20-16)13-5-3-12(10-18)4-6-13/h2-8,17H,9H2,1H3. The average molecular weight is 263 g/mol. The van der Waals surface area contributed by atoms with Crippen LogP contribution in [0.1, 0.15) is 39.6 Å². The smallest absolute Gasteiger partial charge is 0.170 e. The number of aryl methyl sites for hydroxylation is 1. The van der Waals surface area contributed by atoms with Gasteiger partial charge in [0.1, 0.15) is 11.9 Å². The van der Waals surface area contributed by atoms with E-state index in [1.165, 1.54) is 0 Å². The van der Waals surface area contributed by atoms with Crippen LogP contribution in [0, 0.1) is 18.3 Å². The summed E-state index contributed by atoms with van der Waals surface area (Å²) in [4.78, 5) is 12.2. The van der Waals surface area contributed by atoms with Crippen LogP contribution in [0.4, 0.5) is 0 Å². The molecule has 3 rings (SSSR count). The first-order valence-corrected chi connectivity index (χ1v) is 6.48. The maximum atomic E-state index is 12.2. The van der Waals surface area contributed by atoms with E-state index >= 15 is 0 Å². The molecule has 1 atom stereocenters. The minimum Gasteiger partial charge on any atom is -0.484 e. The molecule has 0 fully saturated rings. The van der Waals surface area contributed by atoms with Crippen molar-refractivity contribution in [2.75, 3.05) is 0 Å². The molecule has 0 N–H and O–H groups in total. The SMILES string of the molecule is Cc1ccc2c(c1)C(=O)CC(c1ccc(C#N)cc1)O2. The van der Waals surface area contributed by atoms with E-state index in [4.69, 9.17) is 10.00 Å². The molecular formula is C17H13NO2. The molecule has 1 aliphatic heterocycles. The predicted molar refractivity (Wildman–Crippen MR) is 74.7 cm³/mol. The molecule has 3 nitrogen and oxygen atoms in total. The molecule has 0 saturated heterocycles. The first-order chi connectivity index (χ1) is 9.67. The van der Waals surface area contributed by atoms with Gasteiger partial charge in [0.2, 0.25) is 0 Å². The lowest BCUT2D eigenvalue weighted by Gasteiger charge is -2.25. The normalized spacial score (nSPS) is 17.0. The number of Topliss-reactive ketones (excluding diaryl/α,β-unsaturated/α-hetero) is 1. The van der Waals surface area contributed by atoms with Crippen LogP contribution in [0.3, 0.4) is 0 Å². The number of carbonyl (C=O) groups is 1. The van der Waals surface area contributed by atoms with E-state index in [9.17, 15) is 4.79 Å². The molecule has 20 heavy (non-hydrogen) atoms. The monoisotopic (exact) mass is 263 g/mol. The van der Waals surface area contributed by atoms with Crippen molar-refractivity contribution in [1.29, 1.82) is 5.26 Å². The van der Waals surface area contributed by atoms with Crippen molar-refractivity contribution in [3.05, 3.63) is 64.7 Å². The Kier molecular flexibility index (Phi) is 3.00. The highest BCUT2D eigenvalue weighted by molar-refractivity contribution is 6.00. The third-order valence-electron chi connectivity index (χ3n) is 3.49. The molecule has 0 spiro atoms. The number of ketones is 1. The van der Waals surface area contributed by atoms with E-state index < -0.39 is 0 Å². The molecule has 0 radical (unpaired) electrons. The van der Waals surface area contributed by atoms with Crippen molar-refractivity contribution in [2.45, 2.75) is 19.4 Å². The number of fused-ring (bicyclic) bond motifs is 1. The van der Waals surface area contributed by atoms with Crippen molar-refractivity contribution in [3.63, 3.8) is 0 Å². The zero-order valence-corrected chi connectivity index (χ0v) is 11.1. The van der Waals surface area contributed by atoms with E-state index in [0.29, 0.717) is 23.3 Å². The summed E-state index contributed by atoms with van der Waals surface area (Å²) in [6, 6.07) is 14.9. The summed E-state index contributed by atoms with van der Waals surface area (Å²) in [6.45, 7) is 1.96. The van der Waals surface area contributed by atoms with Gasteiger partial charge in [-0.25, -0.2) is 0 Å². The van der Waals surface area contributed by atoms with E-state index in [-0.39, 0.29) is 11.9 Å². The molecule has 0 aliphatic carbocycles. The summed E-state index contributed by atoms with van der Waals surface area (Å²) < 4.78 is 5.91. The first kappa shape index (κ1) is 12.4. The van der Waals surface area contributed by atoms with Crippen LogP contribution in [0.25, 0.3) is 0 Å². The summed E-state index contributed by atoms with van der Waals surface area (Å²) >= 11 is 0. The molecular weight excluding hydrogens is 250 g/mol. The second-order valence-electron chi connectivity index (χ2n) is 4.97. The van der Waals surface area contributed by atoms with Crippen LogP contribution in [-0.4, -0.2) is 5.78 Å². The van der Waals surface area contributed by atoms with Gasteiger partial charge in [0.05, 0.1) is 23.6 Å². The van der Waals surface area contributed by atoms with Crippen LogP contribution in [0.5, 0.6) is 5.75 Å².